The molecule has 2 N–H and O–H groups in total. The highest BCUT2D eigenvalue weighted by Crippen LogP contribution is 2.31. The highest BCUT2D eigenvalue weighted by atomic mass is 32.1. The van der Waals surface area contributed by atoms with Crippen molar-refractivity contribution in [2.45, 2.75) is 6.18 Å². The van der Waals surface area contributed by atoms with Crippen LogP contribution in [0.25, 0.3) is 10.6 Å². The standard InChI is InChI=1S/C16H11F3N4OS/c17-16(18,19)11-5-2-1-4-10(11)9-20-23-15(24)13-8-12(21-22-13)14-6-3-7-25-14/h1-9H,(H,21,22)(H,23,24)/b20-9-. The number of hydrogen-bond donors (Lipinski definition) is 2. The largest absolute Gasteiger partial charge is 0.417 e. The number of carbonyl (C=O) groups is 1. The number of nitrogens with one attached hydrogen (secondary N) is 2. The lowest BCUT2D eigenvalue weighted by Gasteiger charge is -2.09. The average Bonchev–Trinajstić information content (AvgIpc) is 3.25. The van der Waals surface area contributed by atoms with Crippen molar-refractivity contribution in [3.63, 3.8) is 0 Å². The summed E-state index contributed by atoms with van der Waals surface area (Å²) in [5, 5.41) is 12.1. The number of amides is 1. The predicted molar refractivity (Wildman–Crippen MR) is 88.4 cm³/mol. The van der Waals surface area contributed by atoms with Crippen molar-refractivity contribution in [1.82, 2.24) is 15.6 Å². The van der Waals surface area contributed by atoms with E-state index in [4.69, 9.17) is 0 Å². The van der Waals surface area contributed by atoms with Gasteiger partial charge in [-0.3, -0.25) is 9.89 Å². The molecule has 3 rings (SSSR count). The second-order valence-corrected chi connectivity index (χ2v) is 5.88. The van der Waals surface area contributed by atoms with Crippen LogP contribution in [0.3, 0.4) is 0 Å². The van der Waals surface area contributed by atoms with Crippen LogP contribution in [0.5, 0.6) is 0 Å². The normalized spacial score (nSPS) is 11.8. The summed E-state index contributed by atoms with van der Waals surface area (Å²) < 4.78 is 38.6. The van der Waals surface area contributed by atoms with Gasteiger partial charge in [0, 0.05) is 5.56 Å². The quantitative estimate of drug-likeness (QED) is 0.544. The number of hydrogen-bond acceptors (Lipinski definition) is 4. The van der Waals surface area contributed by atoms with Gasteiger partial charge in [0.2, 0.25) is 0 Å². The summed E-state index contributed by atoms with van der Waals surface area (Å²) in [4.78, 5) is 12.9. The second kappa shape index (κ2) is 6.89. The summed E-state index contributed by atoms with van der Waals surface area (Å²) >= 11 is 1.48. The molecule has 2 heterocycles. The molecule has 5 nitrogen and oxygen atoms in total. The molecule has 0 aliphatic carbocycles. The van der Waals surface area contributed by atoms with Crippen LogP contribution in [0.15, 0.2) is 52.9 Å². The SMILES string of the molecule is O=C(N/N=C\c1ccccc1C(F)(F)F)c1cc(-c2cccs2)[nH]n1. The summed E-state index contributed by atoms with van der Waals surface area (Å²) in [6.07, 6.45) is -3.54. The lowest BCUT2D eigenvalue weighted by atomic mass is 10.1. The number of aromatic nitrogens is 2. The summed E-state index contributed by atoms with van der Waals surface area (Å²) in [7, 11) is 0. The molecular formula is C16H11F3N4OS. The third kappa shape index (κ3) is 3.94. The molecule has 0 saturated heterocycles. The minimum atomic E-state index is -4.50. The van der Waals surface area contributed by atoms with E-state index in [1.165, 1.54) is 29.5 Å². The summed E-state index contributed by atoms with van der Waals surface area (Å²) in [6, 6.07) is 10.2. The third-order valence-electron chi connectivity index (χ3n) is 3.23. The first-order valence-electron chi connectivity index (χ1n) is 7.04. The van der Waals surface area contributed by atoms with Gasteiger partial charge < -0.3 is 0 Å². The molecule has 3 aromatic rings. The minimum absolute atomic E-state index is 0.0876. The van der Waals surface area contributed by atoms with E-state index < -0.39 is 17.6 Å². The van der Waals surface area contributed by atoms with Crippen molar-refractivity contribution < 1.29 is 18.0 Å². The van der Waals surface area contributed by atoms with Gasteiger partial charge in [-0.1, -0.05) is 24.3 Å². The van der Waals surface area contributed by atoms with Gasteiger partial charge in [-0.25, -0.2) is 5.43 Å². The minimum Gasteiger partial charge on any atom is -0.276 e. The van der Waals surface area contributed by atoms with Gasteiger partial charge in [-0.2, -0.15) is 23.4 Å². The summed E-state index contributed by atoms with van der Waals surface area (Å²) in [5.41, 5.74) is 1.96. The van der Waals surface area contributed by atoms with Gasteiger partial charge >= 0.3 is 6.18 Å². The Hall–Kier alpha value is -2.94. The molecule has 0 radical (unpaired) electrons. The van der Waals surface area contributed by atoms with E-state index in [-0.39, 0.29) is 11.3 Å². The number of halogens is 3. The van der Waals surface area contributed by atoms with Crippen LogP contribution in [-0.4, -0.2) is 22.3 Å². The van der Waals surface area contributed by atoms with Gasteiger partial charge in [0.05, 0.1) is 22.3 Å². The number of carbonyl (C=O) groups excluding carboxylic acids is 1. The maximum Gasteiger partial charge on any atom is 0.417 e. The molecule has 0 fully saturated rings. The molecule has 0 unspecified atom stereocenters. The molecule has 0 saturated carbocycles. The van der Waals surface area contributed by atoms with Crippen LogP contribution in [0, 0.1) is 0 Å². The van der Waals surface area contributed by atoms with Gasteiger partial charge in [0.25, 0.3) is 5.91 Å². The first kappa shape index (κ1) is 16.9. The van der Waals surface area contributed by atoms with E-state index in [0.29, 0.717) is 5.69 Å². The third-order valence-corrected chi connectivity index (χ3v) is 4.14. The smallest absolute Gasteiger partial charge is 0.276 e. The number of nitrogens with zero attached hydrogens (tertiary/aromatic N) is 2. The highest BCUT2D eigenvalue weighted by Gasteiger charge is 2.32. The molecule has 0 atom stereocenters. The number of hydrazone groups is 1. The van der Waals surface area contributed by atoms with Crippen LogP contribution in [0.2, 0.25) is 0 Å². The van der Waals surface area contributed by atoms with E-state index >= 15 is 0 Å². The van der Waals surface area contributed by atoms with Crippen molar-refractivity contribution in [3.8, 4) is 10.6 Å². The molecule has 25 heavy (non-hydrogen) atoms. The first-order valence-corrected chi connectivity index (χ1v) is 7.92. The van der Waals surface area contributed by atoms with Gasteiger partial charge in [-0.05, 0) is 23.6 Å². The number of thiophene rings is 1. The fourth-order valence-electron chi connectivity index (χ4n) is 2.08. The van der Waals surface area contributed by atoms with Gasteiger partial charge in [-0.15, -0.1) is 11.3 Å². The Labute approximate surface area is 144 Å². The second-order valence-electron chi connectivity index (χ2n) is 4.93. The first-order chi connectivity index (χ1) is 11.9. The molecule has 9 heteroatoms. The number of aromatic amines is 1. The lowest BCUT2D eigenvalue weighted by molar-refractivity contribution is -0.137. The molecule has 0 aliphatic rings. The van der Waals surface area contributed by atoms with E-state index in [1.807, 2.05) is 17.5 Å². The Kier molecular flexibility index (Phi) is 4.66. The Balaban J connectivity index is 1.70. The molecular weight excluding hydrogens is 353 g/mol. The topological polar surface area (TPSA) is 70.1 Å². The van der Waals surface area contributed by atoms with Crippen molar-refractivity contribution in [2.75, 3.05) is 0 Å². The van der Waals surface area contributed by atoms with E-state index in [1.54, 1.807) is 6.07 Å². The van der Waals surface area contributed by atoms with E-state index in [0.717, 1.165) is 17.2 Å². The van der Waals surface area contributed by atoms with Crippen LogP contribution in [0.4, 0.5) is 13.2 Å². The monoisotopic (exact) mass is 364 g/mol. The molecule has 128 valence electrons. The molecule has 0 aliphatic heterocycles. The maximum atomic E-state index is 12.9. The maximum absolute atomic E-state index is 12.9. The van der Waals surface area contributed by atoms with Crippen LogP contribution in [-0.2, 0) is 6.18 Å². The molecule has 1 amide bonds. The zero-order valence-corrected chi connectivity index (χ0v) is 13.4. The van der Waals surface area contributed by atoms with Crippen molar-refractivity contribution >= 4 is 23.5 Å². The van der Waals surface area contributed by atoms with Crippen LogP contribution >= 0.6 is 11.3 Å². The summed E-state index contributed by atoms with van der Waals surface area (Å²) in [5.74, 6) is -0.625. The van der Waals surface area contributed by atoms with Crippen molar-refractivity contribution in [3.05, 3.63) is 64.7 Å². The Morgan fingerprint density at radius 1 is 1.24 bits per heavy atom. The molecule has 0 bridgehead atoms. The Bertz CT molecular complexity index is 900. The van der Waals surface area contributed by atoms with E-state index in [2.05, 4.69) is 20.7 Å². The Morgan fingerprint density at radius 3 is 2.76 bits per heavy atom. The number of benzene rings is 1. The number of rotatable bonds is 4. The predicted octanol–water partition coefficient (Wildman–Crippen LogP) is 3.92. The Morgan fingerprint density at radius 2 is 2.04 bits per heavy atom. The number of H-pyrrole nitrogens is 1. The highest BCUT2D eigenvalue weighted by molar-refractivity contribution is 7.13. The number of alkyl halides is 3. The molecule has 1 aromatic carbocycles. The fraction of sp³-hybridized carbons (Fsp3) is 0.0625. The van der Waals surface area contributed by atoms with Crippen molar-refractivity contribution in [1.29, 1.82) is 0 Å². The molecule has 0 spiro atoms. The van der Waals surface area contributed by atoms with Crippen molar-refractivity contribution in [2.24, 2.45) is 5.10 Å². The lowest BCUT2D eigenvalue weighted by Crippen LogP contribution is -2.18. The zero-order chi connectivity index (χ0) is 17.9. The van der Waals surface area contributed by atoms with Crippen LogP contribution in [0.1, 0.15) is 21.6 Å². The van der Waals surface area contributed by atoms with Crippen LogP contribution < -0.4 is 5.43 Å². The fourth-order valence-corrected chi connectivity index (χ4v) is 2.77. The average molecular weight is 364 g/mol. The van der Waals surface area contributed by atoms with E-state index in [9.17, 15) is 18.0 Å². The van der Waals surface area contributed by atoms with Gasteiger partial charge in [0.1, 0.15) is 0 Å². The summed E-state index contributed by atoms with van der Waals surface area (Å²) in [6.45, 7) is 0. The molecule has 2 aromatic heterocycles. The van der Waals surface area contributed by atoms with Gasteiger partial charge in [0.15, 0.2) is 5.69 Å². The zero-order valence-electron chi connectivity index (χ0n) is 12.5.